The average molecular weight is 358 g/mol. The van der Waals surface area contributed by atoms with Crippen LogP contribution in [0.15, 0.2) is 42.5 Å². The summed E-state index contributed by atoms with van der Waals surface area (Å²) in [5.74, 6) is -0.293. The van der Waals surface area contributed by atoms with Gasteiger partial charge in [-0.25, -0.2) is 9.59 Å². The molecule has 136 valence electrons. The maximum Gasteiger partial charge on any atom is 0.349 e. The molecule has 0 amide bonds. The van der Waals surface area contributed by atoms with Gasteiger partial charge in [-0.1, -0.05) is 0 Å². The lowest BCUT2D eigenvalue weighted by molar-refractivity contribution is -0.136. The Kier molecular flexibility index (Phi) is 6.32. The van der Waals surface area contributed by atoms with Gasteiger partial charge in [0.1, 0.15) is 5.75 Å². The molecule has 0 aliphatic heterocycles. The molecule has 2 aromatic rings. The molecule has 2 rings (SSSR count). The molecule has 0 spiro atoms. The number of carbonyl (C=O) groups excluding carboxylic acids is 3. The quantitative estimate of drug-likeness (QED) is 0.427. The van der Waals surface area contributed by atoms with E-state index in [-0.39, 0.29) is 18.1 Å². The van der Waals surface area contributed by atoms with Crippen molar-refractivity contribution < 1.29 is 33.3 Å². The number of benzene rings is 2. The van der Waals surface area contributed by atoms with Crippen LogP contribution >= 0.6 is 0 Å². The number of hydrogen-bond donors (Lipinski definition) is 0. The Hall–Kier alpha value is -3.35. The molecule has 0 radical (unpaired) electrons. The molecule has 0 aliphatic rings. The van der Waals surface area contributed by atoms with Gasteiger partial charge < -0.3 is 18.9 Å². The minimum atomic E-state index is -0.631. The van der Waals surface area contributed by atoms with Crippen molar-refractivity contribution in [2.45, 2.75) is 6.92 Å². The highest BCUT2D eigenvalue weighted by atomic mass is 16.6. The first kappa shape index (κ1) is 19.0. The lowest BCUT2D eigenvalue weighted by Gasteiger charge is -2.11. The first-order valence-corrected chi connectivity index (χ1v) is 7.65. The van der Waals surface area contributed by atoms with Crippen molar-refractivity contribution in [3.63, 3.8) is 0 Å². The van der Waals surface area contributed by atoms with E-state index in [0.717, 1.165) is 0 Å². The van der Waals surface area contributed by atoms with Crippen LogP contribution in [0.5, 0.6) is 17.2 Å². The van der Waals surface area contributed by atoms with Gasteiger partial charge >= 0.3 is 11.9 Å². The Morgan fingerprint density at radius 1 is 0.885 bits per heavy atom. The summed E-state index contributed by atoms with van der Waals surface area (Å²) in [7, 11) is 2.72. The minimum Gasteiger partial charge on any atom is -0.493 e. The van der Waals surface area contributed by atoms with Crippen molar-refractivity contribution in [1.29, 1.82) is 0 Å². The van der Waals surface area contributed by atoms with Crippen LogP contribution in [0.3, 0.4) is 0 Å². The van der Waals surface area contributed by atoms with E-state index < -0.39 is 11.9 Å². The first-order valence-electron chi connectivity index (χ1n) is 7.65. The van der Waals surface area contributed by atoms with E-state index in [1.165, 1.54) is 51.5 Å². The van der Waals surface area contributed by atoms with E-state index in [1.54, 1.807) is 12.1 Å². The fourth-order valence-electron chi connectivity index (χ4n) is 2.08. The fraction of sp³-hybridized carbons (Fsp3) is 0.211. The van der Waals surface area contributed by atoms with Crippen LogP contribution in [0.4, 0.5) is 0 Å². The zero-order valence-electron chi connectivity index (χ0n) is 14.6. The largest absolute Gasteiger partial charge is 0.493 e. The SMILES string of the molecule is COC(=O)c1ccc(OC(=O)COc2ccc(C(C)=O)cc2OC)cc1. The number of methoxy groups -OCH3 is 2. The molecule has 0 N–H and O–H groups in total. The second-order valence-corrected chi connectivity index (χ2v) is 5.20. The van der Waals surface area contributed by atoms with Gasteiger partial charge in [-0.15, -0.1) is 0 Å². The van der Waals surface area contributed by atoms with Crippen molar-refractivity contribution >= 4 is 17.7 Å². The molecule has 0 heterocycles. The Labute approximate surface area is 150 Å². The number of rotatable bonds is 7. The van der Waals surface area contributed by atoms with E-state index in [2.05, 4.69) is 4.74 Å². The molecule has 2 aromatic carbocycles. The molecule has 0 saturated heterocycles. The Morgan fingerprint density at radius 2 is 1.54 bits per heavy atom. The molecular weight excluding hydrogens is 340 g/mol. The summed E-state index contributed by atoms with van der Waals surface area (Å²) >= 11 is 0. The van der Waals surface area contributed by atoms with Gasteiger partial charge in [0.05, 0.1) is 19.8 Å². The smallest absolute Gasteiger partial charge is 0.349 e. The number of esters is 2. The molecule has 7 nitrogen and oxygen atoms in total. The van der Waals surface area contributed by atoms with E-state index in [1.807, 2.05) is 0 Å². The normalized spacial score (nSPS) is 9.96. The second kappa shape index (κ2) is 8.66. The zero-order valence-corrected chi connectivity index (χ0v) is 14.6. The molecule has 0 saturated carbocycles. The van der Waals surface area contributed by atoms with Gasteiger partial charge in [0.2, 0.25) is 0 Å². The van der Waals surface area contributed by atoms with Crippen LogP contribution in [0.2, 0.25) is 0 Å². The number of carbonyl (C=O) groups is 3. The van der Waals surface area contributed by atoms with Gasteiger partial charge in [0, 0.05) is 5.56 Å². The molecule has 26 heavy (non-hydrogen) atoms. The summed E-state index contributed by atoms with van der Waals surface area (Å²) in [4.78, 5) is 34.6. The first-order chi connectivity index (χ1) is 12.4. The monoisotopic (exact) mass is 358 g/mol. The van der Waals surface area contributed by atoms with Crippen molar-refractivity contribution in [2.75, 3.05) is 20.8 Å². The summed E-state index contributed by atoms with van der Waals surface area (Å²) < 4.78 is 20.3. The average Bonchev–Trinajstić information content (AvgIpc) is 2.66. The maximum absolute atomic E-state index is 11.9. The maximum atomic E-state index is 11.9. The van der Waals surface area contributed by atoms with Crippen LogP contribution in [0, 0.1) is 0 Å². The Balaban J connectivity index is 1.96. The lowest BCUT2D eigenvalue weighted by Crippen LogP contribution is -2.18. The van der Waals surface area contributed by atoms with Crippen LogP contribution in [-0.4, -0.2) is 38.5 Å². The van der Waals surface area contributed by atoms with Crippen LogP contribution in [0.1, 0.15) is 27.6 Å². The van der Waals surface area contributed by atoms with E-state index in [9.17, 15) is 14.4 Å². The molecule has 0 atom stereocenters. The molecule has 0 fully saturated rings. The molecule has 7 heteroatoms. The number of ether oxygens (including phenoxy) is 4. The summed E-state index contributed by atoms with van der Waals surface area (Å²) in [5, 5.41) is 0. The third-order valence-corrected chi connectivity index (χ3v) is 3.42. The van der Waals surface area contributed by atoms with Crippen LogP contribution < -0.4 is 14.2 Å². The molecule has 0 unspecified atom stereocenters. The summed E-state index contributed by atoms with van der Waals surface area (Å²) in [5.41, 5.74) is 0.821. The predicted molar refractivity (Wildman–Crippen MR) is 91.9 cm³/mol. The molecule has 0 aliphatic carbocycles. The molecule has 0 aromatic heterocycles. The van der Waals surface area contributed by atoms with Gasteiger partial charge in [-0.05, 0) is 49.4 Å². The van der Waals surface area contributed by atoms with Crippen LogP contribution in [0.25, 0.3) is 0 Å². The highest BCUT2D eigenvalue weighted by Crippen LogP contribution is 2.28. The topological polar surface area (TPSA) is 88.1 Å². The molecule has 0 bridgehead atoms. The predicted octanol–water partition coefficient (Wildman–Crippen LogP) is 2.67. The van der Waals surface area contributed by atoms with Crippen LogP contribution in [-0.2, 0) is 9.53 Å². The highest BCUT2D eigenvalue weighted by Gasteiger charge is 2.12. The lowest BCUT2D eigenvalue weighted by atomic mass is 10.1. The Bertz CT molecular complexity index is 809. The standard InChI is InChI=1S/C19H18O7/c1-12(20)14-6-9-16(17(10-14)23-2)25-11-18(21)26-15-7-4-13(5-8-15)19(22)24-3/h4-10H,11H2,1-3H3. The third-order valence-electron chi connectivity index (χ3n) is 3.42. The van der Waals surface area contributed by atoms with Crippen molar-refractivity contribution in [3.05, 3.63) is 53.6 Å². The van der Waals surface area contributed by atoms with Gasteiger partial charge in [0.25, 0.3) is 0 Å². The van der Waals surface area contributed by atoms with Crippen molar-refractivity contribution in [3.8, 4) is 17.2 Å². The number of Topliss-reactive ketones (excluding diaryl/α,β-unsaturated/α-hetero) is 1. The van der Waals surface area contributed by atoms with Gasteiger partial charge in [0.15, 0.2) is 23.9 Å². The Morgan fingerprint density at radius 3 is 2.12 bits per heavy atom. The summed E-state index contributed by atoms with van der Waals surface area (Å²) in [6, 6.07) is 10.6. The van der Waals surface area contributed by atoms with Crippen molar-refractivity contribution in [2.24, 2.45) is 0 Å². The van der Waals surface area contributed by atoms with Gasteiger partial charge in [-0.2, -0.15) is 0 Å². The second-order valence-electron chi connectivity index (χ2n) is 5.20. The van der Waals surface area contributed by atoms with Crippen molar-refractivity contribution in [1.82, 2.24) is 0 Å². The van der Waals surface area contributed by atoms with E-state index >= 15 is 0 Å². The highest BCUT2D eigenvalue weighted by molar-refractivity contribution is 5.94. The minimum absolute atomic E-state index is 0.107. The third kappa shape index (κ3) is 4.83. The van der Waals surface area contributed by atoms with E-state index in [4.69, 9.17) is 14.2 Å². The van der Waals surface area contributed by atoms with E-state index in [0.29, 0.717) is 22.6 Å². The fourth-order valence-corrected chi connectivity index (χ4v) is 2.08. The summed E-state index contributed by atoms with van der Waals surface area (Å²) in [6.45, 7) is 1.09. The summed E-state index contributed by atoms with van der Waals surface area (Å²) in [6.07, 6.45) is 0. The molecular formula is C19H18O7. The number of ketones is 1. The zero-order chi connectivity index (χ0) is 19.1. The van der Waals surface area contributed by atoms with Gasteiger partial charge in [-0.3, -0.25) is 4.79 Å². The number of hydrogen-bond acceptors (Lipinski definition) is 7.